The van der Waals surface area contributed by atoms with E-state index < -0.39 is 8.32 Å². The van der Waals surface area contributed by atoms with Gasteiger partial charge < -0.3 is 4.43 Å². The number of thiophene rings is 1. The molecule has 0 atom stereocenters. The second-order valence-electron chi connectivity index (χ2n) is 7.89. The van der Waals surface area contributed by atoms with Gasteiger partial charge in [0, 0.05) is 24.2 Å². The highest BCUT2D eigenvalue weighted by molar-refractivity contribution is 7.13. The summed E-state index contributed by atoms with van der Waals surface area (Å²) in [5, 5.41) is 2.12. The van der Waals surface area contributed by atoms with Crippen LogP contribution in [0.1, 0.15) is 32.8 Å². The number of nitrogens with zero attached hydrogens (tertiary/aromatic N) is 1. The fourth-order valence-corrected chi connectivity index (χ4v) is 4.29. The molecule has 0 spiro atoms. The zero-order valence-electron chi connectivity index (χ0n) is 15.9. The van der Waals surface area contributed by atoms with Gasteiger partial charge in [0.1, 0.15) is 0 Å². The quantitative estimate of drug-likeness (QED) is 0.609. The van der Waals surface area contributed by atoms with E-state index in [2.05, 4.69) is 38.8 Å². The van der Waals surface area contributed by atoms with Gasteiger partial charge in [-0.3, -0.25) is 14.3 Å². The molecule has 2 rings (SSSR count). The van der Waals surface area contributed by atoms with Crippen LogP contribution in [0.25, 0.3) is 10.4 Å². The minimum atomic E-state index is -1.77. The molecule has 0 aliphatic carbocycles. The van der Waals surface area contributed by atoms with Crippen LogP contribution in [-0.4, -0.2) is 24.5 Å². The molecular weight excluding hydrogens is 352 g/mol. The van der Waals surface area contributed by atoms with E-state index in [4.69, 9.17) is 4.43 Å². The molecule has 0 unspecified atom stereocenters. The predicted octanol–water partition coefficient (Wildman–Crippen LogP) is 3.99. The third-order valence-corrected chi connectivity index (χ3v) is 10.5. The number of nitrogens with one attached hydrogen (secondary N) is 1. The Bertz CT molecular complexity index is 843. The maximum absolute atomic E-state index is 12.1. The summed E-state index contributed by atoms with van der Waals surface area (Å²) in [7, 11) is -1.77. The van der Waals surface area contributed by atoms with Gasteiger partial charge in [0.05, 0.1) is 5.56 Å². The Morgan fingerprint density at radius 1 is 1.28 bits per heavy atom. The second kappa shape index (κ2) is 7.43. The molecule has 138 valence electrons. The minimum Gasteiger partial charge on any atom is -0.417 e. The monoisotopic (exact) mass is 380 g/mol. The van der Waals surface area contributed by atoms with Crippen molar-refractivity contribution in [1.29, 1.82) is 0 Å². The van der Waals surface area contributed by atoms with Crippen LogP contribution in [0, 0.1) is 6.92 Å². The summed E-state index contributed by atoms with van der Waals surface area (Å²) in [5.74, 6) is 0. The Morgan fingerprint density at radius 2 is 1.96 bits per heavy atom. The lowest BCUT2D eigenvalue weighted by Crippen LogP contribution is -2.41. The molecule has 0 amide bonds. The average Bonchev–Trinajstić information content (AvgIpc) is 2.90. The maximum atomic E-state index is 12.1. The molecule has 5 nitrogen and oxygen atoms in total. The molecule has 2 heterocycles. The summed E-state index contributed by atoms with van der Waals surface area (Å²) in [6.45, 7) is 14.2. The van der Waals surface area contributed by atoms with Crippen LogP contribution in [0.3, 0.4) is 0 Å². The lowest BCUT2D eigenvalue weighted by molar-refractivity contribution is 0.274. The Morgan fingerprint density at radius 3 is 2.52 bits per heavy atom. The first kappa shape index (κ1) is 19.9. The highest BCUT2D eigenvalue weighted by atomic mass is 32.1. The Hall–Kier alpha value is -1.44. The van der Waals surface area contributed by atoms with Crippen LogP contribution in [-0.2, 0) is 11.0 Å². The van der Waals surface area contributed by atoms with Gasteiger partial charge in [-0.2, -0.15) is 0 Å². The SMILES string of the molecule is Cc1ccsc1-c1cn(CCCO[Si](C)(C)C(C)(C)C)c(=O)[nH]c1=O. The number of hydrogen-bond donors (Lipinski definition) is 1. The molecule has 0 fully saturated rings. The van der Waals surface area contributed by atoms with Crippen molar-refractivity contribution >= 4 is 19.7 Å². The number of rotatable bonds is 6. The molecule has 0 aliphatic heterocycles. The summed E-state index contributed by atoms with van der Waals surface area (Å²) in [4.78, 5) is 27.5. The minimum absolute atomic E-state index is 0.172. The fraction of sp³-hybridized carbons (Fsp3) is 0.556. The summed E-state index contributed by atoms with van der Waals surface area (Å²) < 4.78 is 7.73. The Labute approximate surface area is 153 Å². The van der Waals surface area contributed by atoms with Crippen LogP contribution < -0.4 is 11.2 Å². The summed E-state index contributed by atoms with van der Waals surface area (Å²) in [5.41, 5.74) is 0.902. The third kappa shape index (κ3) is 4.59. The van der Waals surface area contributed by atoms with Gasteiger partial charge in [-0.05, 0) is 48.5 Å². The predicted molar refractivity (Wildman–Crippen MR) is 107 cm³/mol. The van der Waals surface area contributed by atoms with E-state index in [1.807, 2.05) is 18.4 Å². The second-order valence-corrected chi connectivity index (χ2v) is 13.6. The fourth-order valence-electron chi connectivity index (χ4n) is 2.26. The summed E-state index contributed by atoms with van der Waals surface area (Å²) in [6, 6.07) is 1.97. The molecule has 0 bridgehead atoms. The van der Waals surface area contributed by atoms with Gasteiger partial charge in [0.15, 0.2) is 8.32 Å². The van der Waals surface area contributed by atoms with Gasteiger partial charge in [-0.25, -0.2) is 4.79 Å². The van der Waals surface area contributed by atoms with E-state index in [-0.39, 0.29) is 16.3 Å². The highest BCUT2D eigenvalue weighted by Gasteiger charge is 2.36. The van der Waals surface area contributed by atoms with Gasteiger partial charge in [-0.15, -0.1) is 11.3 Å². The van der Waals surface area contributed by atoms with Crippen LogP contribution in [0.4, 0.5) is 0 Å². The Balaban J connectivity index is 2.10. The molecule has 1 N–H and O–H groups in total. The van der Waals surface area contributed by atoms with Gasteiger partial charge in [0.25, 0.3) is 5.56 Å². The van der Waals surface area contributed by atoms with Crippen LogP contribution in [0.5, 0.6) is 0 Å². The smallest absolute Gasteiger partial charge is 0.328 e. The lowest BCUT2D eigenvalue weighted by atomic mass is 10.2. The molecule has 2 aromatic rings. The molecule has 7 heteroatoms. The number of H-pyrrole nitrogens is 1. The topological polar surface area (TPSA) is 64.1 Å². The standard InChI is InChI=1S/C18H28N2O3SSi/c1-13-8-11-24-15(13)14-12-20(17(22)19-16(14)21)9-7-10-23-25(5,6)18(2,3)4/h8,11-12H,7,9-10H2,1-6H3,(H,19,21,22). The Kier molecular flexibility index (Phi) is 5.91. The van der Waals surface area contributed by atoms with Crippen molar-refractivity contribution in [3.05, 3.63) is 44.0 Å². The molecule has 25 heavy (non-hydrogen) atoms. The van der Waals surface area contributed by atoms with Crippen molar-refractivity contribution in [3.63, 3.8) is 0 Å². The molecule has 0 saturated carbocycles. The van der Waals surface area contributed by atoms with E-state index in [1.54, 1.807) is 10.8 Å². The molecule has 2 aromatic heterocycles. The van der Waals surface area contributed by atoms with Crippen LogP contribution >= 0.6 is 11.3 Å². The summed E-state index contributed by atoms with van der Waals surface area (Å²) >= 11 is 1.51. The van der Waals surface area contributed by atoms with Crippen molar-refractivity contribution in [1.82, 2.24) is 9.55 Å². The van der Waals surface area contributed by atoms with E-state index in [0.29, 0.717) is 18.7 Å². The largest absolute Gasteiger partial charge is 0.417 e. The van der Waals surface area contributed by atoms with Crippen LogP contribution in [0.15, 0.2) is 27.2 Å². The van der Waals surface area contributed by atoms with E-state index in [9.17, 15) is 9.59 Å². The molecule has 0 radical (unpaired) electrons. The first-order valence-corrected chi connectivity index (χ1v) is 12.3. The van der Waals surface area contributed by atoms with Gasteiger partial charge >= 0.3 is 5.69 Å². The number of hydrogen-bond acceptors (Lipinski definition) is 4. The number of aromatic nitrogens is 2. The van der Waals surface area contributed by atoms with E-state index >= 15 is 0 Å². The number of aromatic amines is 1. The van der Waals surface area contributed by atoms with Gasteiger partial charge in [0.2, 0.25) is 0 Å². The van der Waals surface area contributed by atoms with Crippen molar-refractivity contribution in [3.8, 4) is 10.4 Å². The zero-order chi connectivity index (χ0) is 18.8. The molecule has 0 saturated heterocycles. The van der Waals surface area contributed by atoms with Crippen molar-refractivity contribution in [2.45, 2.75) is 58.8 Å². The zero-order valence-corrected chi connectivity index (χ0v) is 17.8. The normalized spacial score (nSPS) is 12.6. The van der Waals surface area contributed by atoms with Crippen molar-refractivity contribution in [2.24, 2.45) is 0 Å². The molecular formula is C18H28N2O3SSi. The van der Waals surface area contributed by atoms with Crippen molar-refractivity contribution in [2.75, 3.05) is 6.61 Å². The van der Waals surface area contributed by atoms with E-state index in [1.165, 1.54) is 11.3 Å². The maximum Gasteiger partial charge on any atom is 0.328 e. The third-order valence-electron chi connectivity index (χ3n) is 4.93. The summed E-state index contributed by atoms with van der Waals surface area (Å²) in [6.07, 6.45) is 2.41. The first-order chi connectivity index (χ1) is 11.5. The molecule has 0 aromatic carbocycles. The lowest BCUT2D eigenvalue weighted by Gasteiger charge is -2.36. The van der Waals surface area contributed by atoms with Crippen molar-refractivity contribution < 1.29 is 4.43 Å². The van der Waals surface area contributed by atoms with Crippen LogP contribution in [0.2, 0.25) is 18.1 Å². The molecule has 0 aliphatic rings. The van der Waals surface area contributed by atoms with E-state index in [0.717, 1.165) is 16.9 Å². The number of aryl methyl sites for hydroxylation is 2. The average molecular weight is 381 g/mol. The van der Waals surface area contributed by atoms with Gasteiger partial charge in [-0.1, -0.05) is 20.8 Å². The first-order valence-electron chi connectivity index (χ1n) is 8.55. The highest BCUT2D eigenvalue weighted by Crippen LogP contribution is 2.36.